The van der Waals surface area contributed by atoms with Gasteiger partial charge in [0.25, 0.3) is 5.91 Å². The Morgan fingerprint density at radius 3 is 2.43 bits per heavy atom. The monoisotopic (exact) mass is 1070 g/mol. The topological polar surface area (TPSA) is 200 Å². The number of H-pyrrole nitrogens is 1. The lowest BCUT2D eigenvalue weighted by Crippen LogP contribution is -2.64. The van der Waals surface area contributed by atoms with Crippen LogP contribution in [0.25, 0.3) is 16.7 Å². The van der Waals surface area contributed by atoms with Gasteiger partial charge in [-0.1, -0.05) is 72.2 Å². The molecule has 3 N–H and O–H groups in total. The first-order valence-corrected chi connectivity index (χ1v) is 27.7. The second-order valence-corrected chi connectivity index (χ2v) is 22.8. The summed E-state index contributed by atoms with van der Waals surface area (Å²) < 4.78 is 8.44. The van der Waals surface area contributed by atoms with Crippen LogP contribution in [-0.2, 0) is 20.1 Å². The van der Waals surface area contributed by atoms with E-state index < -0.39 is 17.2 Å². The van der Waals surface area contributed by atoms with Crippen LogP contribution in [0.2, 0.25) is 5.02 Å². The van der Waals surface area contributed by atoms with Crippen LogP contribution in [0.15, 0.2) is 84.1 Å². The predicted molar refractivity (Wildman–Crippen MR) is 290 cm³/mol. The standard InChI is InChI=1S/C53H68ClN13O5S2/c1-37-33-41(67-28-23-55-36-67)17-14-39(37)34-73-51-62-61-47(74-51)48(69)63(5)24-10-8-6-7-9-11-44(68)65-31-29-64(30-32-65)25-19-43(38-12-15-40(54)16-13-38)59-49(70)53(60-50(71)72-52(2,3)4)20-26-66(27-21-53)46-42-18-22-56-45(42)57-35-58-46/h12-18,22-23,28,33,35-36,43H,6-11,19-21,24-27,29-32,34H2,1-5H3,(H,59,70)(H,60,71)(H,56,57,58)/t43-/m0/s1. The summed E-state index contributed by atoms with van der Waals surface area (Å²) in [7, 11) is 1.81. The number of aryl methyl sites for hydroxylation is 1. The van der Waals surface area contributed by atoms with Crippen molar-refractivity contribution in [2.45, 2.75) is 113 Å². The van der Waals surface area contributed by atoms with Crippen LogP contribution in [-0.4, -0.2) is 144 Å². The van der Waals surface area contributed by atoms with Crippen LogP contribution in [0.1, 0.15) is 111 Å². The van der Waals surface area contributed by atoms with Gasteiger partial charge in [-0.25, -0.2) is 19.7 Å². The van der Waals surface area contributed by atoms with E-state index in [0.29, 0.717) is 75.0 Å². The van der Waals surface area contributed by atoms with Crippen LogP contribution in [0.4, 0.5) is 10.6 Å². The summed E-state index contributed by atoms with van der Waals surface area (Å²) in [6, 6.07) is 15.4. The minimum Gasteiger partial charge on any atom is -0.444 e. The number of halogens is 1. The van der Waals surface area contributed by atoms with Crippen molar-refractivity contribution in [2.24, 2.45) is 0 Å². The molecule has 74 heavy (non-hydrogen) atoms. The molecule has 2 saturated heterocycles. The van der Waals surface area contributed by atoms with Crippen molar-refractivity contribution in [1.29, 1.82) is 0 Å². The minimum atomic E-state index is -1.24. The van der Waals surface area contributed by atoms with E-state index in [1.807, 2.05) is 59.2 Å². The van der Waals surface area contributed by atoms with Crippen LogP contribution in [0.3, 0.4) is 0 Å². The summed E-state index contributed by atoms with van der Waals surface area (Å²) in [5.41, 5.74) is 3.10. The van der Waals surface area contributed by atoms with Crippen molar-refractivity contribution in [2.75, 3.05) is 64.3 Å². The number of hydrogen-bond donors (Lipinski definition) is 3. The number of nitrogens with zero attached hydrogens (tertiary/aromatic N) is 10. The van der Waals surface area contributed by atoms with E-state index in [0.717, 1.165) is 83.4 Å². The highest BCUT2D eigenvalue weighted by Crippen LogP contribution is 2.32. The summed E-state index contributed by atoms with van der Waals surface area (Å²) in [5.74, 6) is 1.30. The highest BCUT2D eigenvalue weighted by Gasteiger charge is 2.45. The molecule has 0 aliphatic carbocycles. The number of ether oxygens (including phenoxy) is 1. The Morgan fingerprint density at radius 2 is 1.70 bits per heavy atom. The first-order valence-electron chi connectivity index (χ1n) is 25.5. The third-order valence-corrected chi connectivity index (χ3v) is 16.1. The molecule has 394 valence electrons. The van der Waals surface area contributed by atoms with E-state index in [4.69, 9.17) is 16.3 Å². The summed E-state index contributed by atoms with van der Waals surface area (Å²) in [5, 5.41) is 16.7. The second-order valence-electron chi connectivity index (χ2n) is 20.2. The molecule has 4 aromatic heterocycles. The molecule has 0 unspecified atom stereocenters. The van der Waals surface area contributed by atoms with Gasteiger partial charge in [-0.2, -0.15) is 0 Å². The molecule has 2 aliphatic heterocycles. The number of piperidine rings is 1. The van der Waals surface area contributed by atoms with E-state index in [-0.39, 0.29) is 23.8 Å². The number of nitrogens with one attached hydrogen (secondary N) is 3. The summed E-state index contributed by atoms with van der Waals surface area (Å²) in [6.45, 7) is 12.5. The molecule has 0 spiro atoms. The highest BCUT2D eigenvalue weighted by atomic mass is 35.5. The number of aromatic nitrogens is 7. The van der Waals surface area contributed by atoms with Gasteiger partial charge in [-0.15, -0.1) is 10.2 Å². The first kappa shape index (κ1) is 54.2. The maximum absolute atomic E-state index is 14.7. The molecule has 1 atom stereocenters. The highest BCUT2D eigenvalue weighted by molar-refractivity contribution is 8.00. The number of aromatic amines is 1. The minimum absolute atomic E-state index is 0.113. The number of rotatable bonds is 21. The molecular formula is C53H68ClN13O5S2. The van der Waals surface area contributed by atoms with Crippen molar-refractivity contribution >= 4 is 75.4 Å². The van der Waals surface area contributed by atoms with Crippen LogP contribution in [0.5, 0.6) is 0 Å². The third kappa shape index (κ3) is 14.4. The molecule has 21 heteroatoms. The lowest BCUT2D eigenvalue weighted by atomic mass is 9.85. The number of thioether (sulfide) groups is 1. The normalized spacial score (nSPS) is 15.5. The molecule has 6 aromatic rings. The van der Waals surface area contributed by atoms with Gasteiger partial charge < -0.3 is 39.6 Å². The number of piperazine rings is 1. The number of fused-ring (bicyclic) bond motifs is 1. The first-order chi connectivity index (χ1) is 35.6. The van der Waals surface area contributed by atoms with Gasteiger partial charge in [-0.3, -0.25) is 19.3 Å². The van der Waals surface area contributed by atoms with Crippen LogP contribution in [0, 0.1) is 6.92 Å². The number of benzene rings is 2. The summed E-state index contributed by atoms with van der Waals surface area (Å²) >= 11 is 9.24. The predicted octanol–water partition coefficient (Wildman–Crippen LogP) is 8.62. The number of anilines is 1. The summed E-state index contributed by atoms with van der Waals surface area (Å²) in [4.78, 5) is 78.8. The molecule has 8 rings (SSSR count). The number of imidazole rings is 1. The van der Waals surface area contributed by atoms with Gasteiger partial charge in [0.15, 0.2) is 4.34 Å². The number of alkyl carbamates (subject to hydrolysis) is 1. The smallest absolute Gasteiger partial charge is 0.408 e. The van der Waals surface area contributed by atoms with Gasteiger partial charge in [0, 0.05) is 101 Å². The molecule has 2 aliphatic rings. The average molecular weight is 1070 g/mol. The molecule has 6 heterocycles. The Hall–Kier alpha value is -6.09. The second kappa shape index (κ2) is 25.0. The molecule has 0 radical (unpaired) electrons. The Labute approximate surface area is 446 Å². The largest absolute Gasteiger partial charge is 0.444 e. The van der Waals surface area contributed by atoms with Gasteiger partial charge in [0.2, 0.25) is 16.8 Å². The van der Waals surface area contributed by atoms with Gasteiger partial charge >= 0.3 is 6.09 Å². The lowest BCUT2D eigenvalue weighted by Gasteiger charge is -2.42. The molecule has 2 fully saturated rings. The van der Waals surface area contributed by atoms with Crippen molar-refractivity contribution in [1.82, 2.24) is 60.0 Å². The molecule has 18 nitrogen and oxygen atoms in total. The van der Waals surface area contributed by atoms with Crippen LogP contribution >= 0.6 is 34.7 Å². The van der Waals surface area contributed by atoms with Crippen molar-refractivity contribution in [3.8, 4) is 5.69 Å². The lowest BCUT2D eigenvalue weighted by molar-refractivity contribution is -0.133. The number of unbranched alkanes of at least 4 members (excludes halogenated alkanes) is 4. The third-order valence-electron chi connectivity index (χ3n) is 13.8. The maximum Gasteiger partial charge on any atom is 0.408 e. The maximum atomic E-state index is 14.7. The fourth-order valence-electron chi connectivity index (χ4n) is 9.45. The van der Waals surface area contributed by atoms with Gasteiger partial charge in [0.05, 0.1) is 17.8 Å². The van der Waals surface area contributed by atoms with Gasteiger partial charge in [-0.05, 0) is 107 Å². The quantitative estimate of drug-likeness (QED) is 0.0458. The van der Waals surface area contributed by atoms with Crippen molar-refractivity contribution in [3.05, 3.63) is 106 Å². The average Bonchev–Trinajstić information content (AvgIpc) is 4.21. The van der Waals surface area contributed by atoms with Crippen molar-refractivity contribution in [3.63, 3.8) is 0 Å². The van der Waals surface area contributed by atoms with E-state index in [1.165, 1.54) is 28.8 Å². The number of amides is 4. The SMILES string of the molecule is Cc1cc(-n2ccnc2)ccc1CSc1nnc(C(=O)N(C)CCCCCCCC(=O)N2CCN(CC[C@H](NC(=O)C3(NC(=O)OC(C)(C)C)CCN(c4ncnc5[nH]ccc45)CC3)c3ccc(Cl)cc3)CC2)s1. The van der Waals surface area contributed by atoms with Gasteiger partial charge in [0.1, 0.15) is 28.9 Å². The van der Waals surface area contributed by atoms with E-state index in [9.17, 15) is 19.2 Å². The van der Waals surface area contributed by atoms with Crippen LogP contribution < -0.4 is 15.5 Å². The summed E-state index contributed by atoms with van der Waals surface area (Å²) in [6.07, 6.45) is 14.6. The Balaban J connectivity index is 0.746. The van der Waals surface area contributed by atoms with E-state index in [1.54, 1.807) is 50.0 Å². The molecule has 4 amide bonds. The zero-order valence-corrected chi connectivity index (χ0v) is 45.4. The number of carbonyl (C=O) groups excluding carboxylic acids is 4. The van der Waals surface area contributed by atoms with E-state index in [2.05, 4.69) is 75.7 Å². The Kier molecular flexibility index (Phi) is 18.3. The molecular weight excluding hydrogens is 998 g/mol. The number of hydrogen-bond acceptors (Lipinski definition) is 14. The zero-order valence-electron chi connectivity index (χ0n) is 43.0. The molecule has 2 aromatic carbocycles. The zero-order chi connectivity index (χ0) is 52.2. The molecule has 0 saturated carbocycles. The number of carbonyl (C=O) groups is 4. The Bertz CT molecular complexity index is 2820. The van der Waals surface area contributed by atoms with E-state index >= 15 is 0 Å². The fraction of sp³-hybridized carbons (Fsp3) is 0.491. The Morgan fingerprint density at radius 1 is 0.946 bits per heavy atom. The fourth-order valence-corrected chi connectivity index (χ4v) is 11.5. The molecule has 0 bridgehead atoms. The van der Waals surface area contributed by atoms with Crippen molar-refractivity contribution < 1.29 is 23.9 Å².